The number of aromatic nitrogens is 4. The van der Waals surface area contributed by atoms with Crippen LogP contribution < -0.4 is 10.6 Å². The van der Waals surface area contributed by atoms with Crippen molar-refractivity contribution in [3.63, 3.8) is 0 Å². The standard InChI is InChI=1S/C16H17ClN6O2S/c1-10-20-21-16-23(10)22-15(26-16)7-6-13(24)19-9-14(25)18-8-11-2-4-12(17)5-3-11/h2-5H,6-9H2,1H3,(H,18,25)(H,19,24). The first-order chi connectivity index (χ1) is 12.5. The van der Waals surface area contributed by atoms with E-state index in [1.165, 1.54) is 11.3 Å². The maximum Gasteiger partial charge on any atom is 0.239 e. The number of amides is 2. The van der Waals surface area contributed by atoms with E-state index in [9.17, 15) is 9.59 Å². The molecule has 136 valence electrons. The first-order valence-electron chi connectivity index (χ1n) is 7.97. The average molecular weight is 393 g/mol. The number of carbonyl (C=O) groups excluding carboxylic acids is 2. The second-order valence-electron chi connectivity index (χ2n) is 5.62. The lowest BCUT2D eigenvalue weighted by Crippen LogP contribution is -2.36. The topological polar surface area (TPSA) is 101 Å². The van der Waals surface area contributed by atoms with Gasteiger partial charge in [-0.2, -0.15) is 9.61 Å². The molecular weight excluding hydrogens is 376 g/mol. The van der Waals surface area contributed by atoms with Crippen LogP contribution >= 0.6 is 22.9 Å². The van der Waals surface area contributed by atoms with Gasteiger partial charge in [0.25, 0.3) is 0 Å². The number of benzene rings is 1. The molecule has 0 aliphatic heterocycles. The molecule has 2 amide bonds. The van der Waals surface area contributed by atoms with Crippen LogP contribution in [0.2, 0.25) is 5.02 Å². The van der Waals surface area contributed by atoms with Crippen molar-refractivity contribution in [3.05, 3.63) is 45.7 Å². The molecule has 0 saturated heterocycles. The molecule has 26 heavy (non-hydrogen) atoms. The van der Waals surface area contributed by atoms with Gasteiger partial charge in [-0.05, 0) is 24.6 Å². The molecule has 0 atom stereocenters. The Labute approximate surface area is 158 Å². The highest BCUT2D eigenvalue weighted by Gasteiger charge is 2.11. The lowest BCUT2D eigenvalue weighted by atomic mass is 10.2. The Kier molecular flexibility index (Phi) is 5.79. The van der Waals surface area contributed by atoms with Gasteiger partial charge in [-0.15, -0.1) is 10.2 Å². The number of fused-ring (bicyclic) bond motifs is 1. The summed E-state index contributed by atoms with van der Waals surface area (Å²) >= 11 is 7.21. The quantitative estimate of drug-likeness (QED) is 0.634. The molecular formula is C16H17ClN6O2S. The number of rotatable bonds is 7. The number of nitrogens with one attached hydrogen (secondary N) is 2. The van der Waals surface area contributed by atoms with Crippen molar-refractivity contribution in [2.24, 2.45) is 0 Å². The third kappa shape index (κ3) is 4.77. The number of hydrogen-bond acceptors (Lipinski definition) is 6. The molecule has 3 rings (SSSR count). The van der Waals surface area contributed by atoms with Crippen LogP contribution in [0.15, 0.2) is 24.3 Å². The van der Waals surface area contributed by atoms with Crippen molar-refractivity contribution >= 4 is 39.7 Å². The van der Waals surface area contributed by atoms with Gasteiger partial charge >= 0.3 is 0 Å². The highest BCUT2D eigenvalue weighted by Crippen LogP contribution is 2.15. The predicted molar refractivity (Wildman–Crippen MR) is 98.0 cm³/mol. The summed E-state index contributed by atoms with van der Waals surface area (Å²) < 4.78 is 1.65. The first kappa shape index (κ1) is 18.3. The van der Waals surface area contributed by atoms with E-state index in [1.54, 1.807) is 16.6 Å². The van der Waals surface area contributed by atoms with E-state index >= 15 is 0 Å². The third-order valence-electron chi connectivity index (χ3n) is 3.60. The number of aryl methyl sites for hydroxylation is 2. The van der Waals surface area contributed by atoms with Crippen LogP contribution in [-0.4, -0.2) is 38.2 Å². The van der Waals surface area contributed by atoms with E-state index in [1.807, 2.05) is 19.1 Å². The SMILES string of the molecule is Cc1nnc2sc(CCC(=O)NCC(=O)NCc3ccc(Cl)cc3)nn12. The van der Waals surface area contributed by atoms with Gasteiger partial charge in [-0.1, -0.05) is 35.1 Å². The van der Waals surface area contributed by atoms with Gasteiger partial charge < -0.3 is 10.6 Å². The van der Waals surface area contributed by atoms with E-state index in [0.29, 0.717) is 28.8 Å². The molecule has 0 aliphatic rings. The number of halogens is 1. The van der Waals surface area contributed by atoms with Crippen molar-refractivity contribution in [1.29, 1.82) is 0 Å². The zero-order valence-corrected chi connectivity index (χ0v) is 15.6. The van der Waals surface area contributed by atoms with Gasteiger partial charge in [0.2, 0.25) is 16.8 Å². The molecule has 2 N–H and O–H groups in total. The van der Waals surface area contributed by atoms with E-state index in [-0.39, 0.29) is 24.8 Å². The molecule has 0 unspecified atom stereocenters. The molecule has 0 radical (unpaired) electrons. The summed E-state index contributed by atoms with van der Waals surface area (Å²) in [5.74, 6) is 0.265. The summed E-state index contributed by atoms with van der Waals surface area (Å²) in [6.07, 6.45) is 0.749. The van der Waals surface area contributed by atoms with E-state index in [0.717, 1.165) is 10.6 Å². The monoisotopic (exact) mass is 392 g/mol. The molecule has 10 heteroatoms. The Bertz CT molecular complexity index is 921. The van der Waals surface area contributed by atoms with Gasteiger partial charge in [-0.3, -0.25) is 9.59 Å². The molecule has 2 heterocycles. The summed E-state index contributed by atoms with van der Waals surface area (Å²) in [5, 5.41) is 19.1. The second kappa shape index (κ2) is 8.24. The Hall–Kier alpha value is -2.52. The fraction of sp³-hybridized carbons (Fsp3) is 0.312. The van der Waals surface area contributed by atoms with Gasteiger partial charge in [0.05, 0.1) is 6.54 Å². The fourth-order valence-electron chi connectivity index (χ4n) is 2.21. The number of carbonyl (C=O) groups is 2. The summed E-state index contributed by atoms with van der Waals surface area (Å²) in [6, 6.07) is 7.20. The molecule has 1 aromatic carbocycles. The maximum absolute atomic E-state index is 11.9. The van der Waals surface area contributed by atoms with Crippen molar-refractivity contribution < 1.29 is 9.59 Å². The summed E-state index contributed by atoms with van der Waals surface area (Å²) in [7, 11) is 0. The van der Waals surface area contributed by atoms with Crippen molar-refractivity contribution in [2.45, 2.75) is 26.3 Å². The Morgan fingerprint density at radius 2 is 1.92 bits per heavy atom. The van der Waals surface area contributed by atoms with Crippen LogP contribution in [0, 0.1) is 6.92 Å². The molecule has 0 spiro atoms. The molecule has 8 nitrogen and oxygen atoms in total. The molecule has 2 aromatic heterocycles. The van der Waals surface area contributed by atoms with Crippen LogP contribution in [0.4, 0.5) is 0 Å². The van der Waals surface area contributed by atoms with Crippen LogP contribution in [0.1, 0.15) is 22.8 Å². The lowest BCUT2D eigenvalue weighted by Gasteiger charge is -2.07. The molecule has 0 fully saturated rings. The molecule has 3 aromatic rings. The summed E-state index contributed by atoms with van der Waals surface area (Å²) in [6.45, 7) is 2.15. The van der Waals surface area contributed by atoms with E-state index in [2.05, 4.69) is 25.9 Å². The smallest absolute Gasteiger partial charge is 0.239 e. The number of hydrogen-bond donors (Lipinski definition) is 2. The van der Waals surface area contributed by atoms with Crippen LogP contribution in [-0.2, 0) is 22.6 Å². The van der Waals surface area contributed by atoms with Crippen molar-refractivity contribution in [3.8, 4) is 0 Å². The first-order valence-corrected chi connectivity index (χ1v) is 9.16. The van der Waals surface area contributed by atoms with E-state index < -0.39 is 0 Å². The van der Waals surface area contributed by atoms with Crippen molar-refractivity contribution in [2.75, 3.05) is 6.54 Å². The highest BCUT2D eigenvalue weighted by molar-refractivity contribution is 7.16. The summed E-state index contributed by atoms with van der Waals surface area (Å²) in [5.41, 5.74) is 0.938. The zero-order chi connectivity index (χ0) is 18.5. The lowest BCUT2D eigenvalue weighted by molar-refractivity contribution is -0.126. The van der Waals surface area contributed by atoms with Gasteiger partial charge in [0.15, 0.2) is 5.82 Å². The minimum atomic E-state index is -0.247. The Morgan fingerprint density at radius 3 is 2.65 bits per heavy atom. The normalized spacial score (nSPS) is 10.8. The summed E-state index contributed by atoms with van der Waals surface area (Å²) in [4.78, 5) is 24.4. The zero-order valence-electron chi connectivity index (χ0n) is 14.0. The second-order valence-corrected chi connectivity index (χ2v) is 7.09. The largest absolute Gasteiger partial charge is 0.350 e. The van der Waals surface area contributed by atoms with Crippen LogP contribution in [0.25, 0.3) is 4.96 Å². The average Bonchev–Trinajstić information content (AvgIpc) is 3.19. The van der Waals surface area contributed by atoms with Crippen LogP contribution in [0.5, 0.6) is 0 Å². The minimum Gasteiger partial charge on any atom is -0.350 e. The van der Waals surface area contributed by atoms with E-state index in [4.69, 9.17) is 11.6 Å². The maximum atomic E-state index is 11.9. The Balaban J connectivity index is 1.37. The Morgan fingerprint density at radius 1 is 1.15 bits per heavy atom. The molecule has 0 aliphatic carbocycles. The fourth-order valence-corrected chi connectivity index (χ4v) is 3.21. The third-order valence-corrected chi connectivity index (χ3v) is 4.81. The number of nitrogens with zero attached hydrogens (tertiary/aromatic N) is 4. The van der Waals surface area contributed by atoms with Gasteiger partial charge in [-0.25, -0.2) is 0 Å². The predicted octanol–water partition coefficient (Wildman–Crippen LogP) is 1.51. The minimum absolute atomic E-state index is 0.0589. The van der Waals surface area contributed by atoms with Crippen molar-refractivity contribution in [1.82, 2.24) is 30.4 Å². The van der Waals surface area contributed by atoms with Crippen LogP contribution in [0.3, 0.4) is 0 Å². The highest BCUT2D eigenvalue weighted by atomic mass is 35.5. The van der Waals surface area contributed by atoms with Gasteiger partial charge in [0, 0.05) is 24.4 Å². The molecule has 0 saturated carbocycles. The van der Waals surface area contributed by atoms with Gasteiger partial charge in [0.1, 0.15) is 5.01 Å². The molecule has 0 bridgehead atoms.